The van der Waals surface area contributed by atoms with Crippen molar-refractivity contribution in [1.82, 2.24) is 14.6 Å². The van der Waals surface area contributed by atoms with Crippen LogP contribution in [0.1, 0.15) is 56.7 Å². The Kier molecular flexibility index (Phi) is 9.44. The molecule has 1 aromatic carbocycles. The molecule has 1 atom stereocenters. The van der Waals surface area contributed by atoms with E-state index in [1.165, 1.54) is 6.92 Å². The van der Waals surface area contributed by atoms with Crippen LogP contribution in [0.4, 0.5) is 24.5 Å². The van der Waals surface area contributed by atoms with E-state index in [1.807, 2.05) is 4.90 Å². The van der Waals surface area contributed by atoms with Crippen LogP contribution < -0.4 is 20.7 Å². The molecule has 1 saturated carbocycles. The molecule has 2 aliphatic rings. The number of nitrogens with zero attached hydrogens (tertiary/aromatic N) is 3. The molecule has 220 valence electrons. The number of nitrogens with one attached hydrogen (secondary N) is 1. The number of benzene rings is 1. The van der Waals surface area contributed by atoms with Gasteiger partial charge >= 0.3 is 15.5 Å². The van der Waals surface area contributed by atoms with Gasteiger partial charge in [0.1, 0.15) is 12.4 Å². The van der Waals surface area contributed by atoms with E-state index in [1.54, 1.807) is 36.5 Å². The van der Waals surface area contributed by atoms with Gasteiger partial charge < -0.3 is 20.7 Å². The van der Waals surface area contributed by atoms with Crippen molar-refractivity contribution in [2.45, 2.75) is 70.1 Å². The molecule has 13 heteroatoms. The fraction of sp³-hybridized carbons (Fsp3) is 0.556. The quantitative estimate of drug-likeness (QED) is 0.403. The first-order chi connectivity index (χ1) is 19.0. The molecule has 40 heavy (non-hydrogen) atoms. The van der Waals surface area contributed by atoms with Gasteiger partial charge in [-0.2, -0.15) is 17.5 Å². The molecule has 2 aromatic rings. The van der Waals surface area contributed by atoms with E-state index in [4.69, 9.17) is 10.5 Å². The third-order valence-electron chi connectivity index (χ3n) is 7.53. The molecule has 0 unspecified atom stereocenters. The monoisotopic (exact) mass is 583 g/mol. The second kappa shape index (κ2) is 12.6. The number of carbonyl (C=O) groups is 1. The number of anilines is 2. The minimum absolute atomic E-state index is 0.0595. The van der Waals surface area contributed by atoms with E-state index in [0.29, 0.717) is 39.3 Å². The van der Waals surface area contributed by atoms with Gasteiger partial charge in [0.25, 0.3) is 0 Å². The highest BCUT2D eigenvalue weighted by Crippen LogP contribution is 2.40. The van der Waals surface area contributed by atoms with Crippen molar-refractivity contribution < 1.29 is 31.1 Å². The topological polar surface area (TPSA) is 118 Å². The number of ether oxygens (including phenoxy) is 1. The number of carbonyl (C=O) groups excluding carboxylic acids is 1. The van der Waals surface area contributed by atoms with Crippen LogP contribution in [0.15, 0.2) is 36.5 Å². The Morgan fingerprint density at radius 1 is 1.20 bits per heavy atom. The standard InChI is InChI=1S/C27H36F3N5O4S/c1-19(36)32-13-14-39-26-8-4-7-25-24(26)18-34(40(37,38)27(28,29)30)17-23(10-9-20-5-2-3-6-20)35(25)16-22-15-21(31)11-12-33-22/h4,7-8,11-12,15,20,23H,2-3,5-6,9-10,13-14,16-18H2,1H3,(H2,31,33)(H,32,36)/t23-/m1/s1. The second-order valence-electron chi connectivity index (χ2n) is 10.4. The summed E-state index contributed by atoms with van der Waals surface area (Å²) in [6.45, 7) is 0.991. The first-order valence-corrected chi connectivity index (χ1v) is 14.9. The molecule has 3 N–H and O–H groups in total. The number of nitrogens with two attached hydrogens (primary N) is 1. The van der Waals surface area contributed by atoms with E-state index in [0.717, 1.165) is 32.1 Å². The number of halogens is 3. The lowest BCUT2D eigenvalue weighted by Crippen LogP contribution is -2.47. The largest absolute Gasteiger partial charge is 0.511 e. The number of alkyl halides is 3. The number of hydrogen-bond donors (Lipinski definition) is 2. The summed E-state index contributed by atoms with van der Waals surface area (Å²) in [5.74, 6) is 0.474. The van der Waals surface area contributed by atoms with Crippen molar-refractivity contribution in [1.29, 1.82) is 0 Å². The van der Waals surface area contributed by atoms with E-state index in [-0.39, 0.29) is 37.9 Å². The van der Waals surface area contributed by atoms with E-state index < -0.39 is 28.1 Å². The Morgan fingerprint density at radius 2 is 1.95 bits per heavy atom. The maximum atomic E-state index is 13.9. The Bertz CT molecular complexity index is 1290. The molecule has 0 bridgehead atoms. The molecule has 0 saturated heterocycles. The minimum Gasteiger partial charge on any atom is -0.491 e. The molecule has 9 nitrogen and oxygen atoms in total. The number of sulfonamides is 1. The van der Waals surface area contributed by atoms with Gasteiger partial charge in [-0.3, -0.25) is 9.78 Å². The van der Waals surface area contributed by atoms with Crippen molar-refractivity contribution in [3.05, 3.63) is 47.8 Å². The van der Waals surface area contributed by atoms with Gasteiger partial charge in [-0.15, -0.1) is 0 Å². The van der Waals surface area contributed by atoms with E-state index in [2.05, 4.69) is 10.3 Å². The molecule has 1 aliphatic heterocycles. The van der Waals surface area contributed by atoms with Crippen molar-refractivity contribution in [3.63, 3.8) is 0 Å². The van der Waals surface area contributed by atoms with Gasteiger partial charge in [-0.05, 0) is 43.0 Å². The van der Waals surface area contributed by atoms with E-state index >= 15 is 0 Å². The highest BCUT2D eigenvalue weighted by molar-refractivity contribution is 7.89. The Morgan fingerprint density at radius 3 is 2.62 bits per heavy atom. The second-order valence-corrected chi connectivity index (χ2v) is 12.3. The van der Waals surface area contributed by atoms with Crippen LogP contribution in [0.3, 0.4) is 0 Å². The lowest BCUT2D eigenvalue weighted by atomic mass is 9.97. The smallest absolute Gasteiger partial charge is 0.491 e. The summed E-state index contributed by atoms with van der Waals surface area (Å²) in [6.07, 6.45) is 7.26. The third kappa shape index (κ3) is 7.17. The van der Waals surface area contributed by atoms with Gasteiger partial charge in [-0.1, -0.05) is 31.7 Å². The maximum absolute atomic E-state index is 13.9. The number of fused-ring (bicyclic) bond motifs is 1. The number of aromatic nitrogens is 1. The summed E-state index contributed by atoms with van der Waals surface area (Å²) < 4.78 is 73.6. The average molecular weight is 584 g/mol. The molecular formula is C27H36F3N5O4S. The summed E-state index contributed by atoms with van der Waals surface area (Å²) in [6, 6.07) is 7.91. The zero-order valence-corrected chi connectivity index (χ0v) is 23.3. The highest BCUT2D eigenvalue weighted by Gasteiger charge is 2.51. The summed E-state index contributed by atoms with van der Waals surface area (Å²) in [4.78, 5) is 17.6. The maximum Gasteiger partial charge on any atom is 0.511 e. The normalized spacial score (nSPS) is 18.8. The third-order valence-corrected chi connectivity index (χ3v) is 9.07. The molecule has 0 radical (unpaired) electrons. The fourth-order valence-corrected chi connectivity index (χ4v) is 6.51. The zero-order chi connectivity index (χ0) is 28.9. The van der Waals surface area contributed by atoms with Gasteiger partial charge in [-0.25, -0.2) is 8.42 Å². The summed E-state index contributed by atoms with van der Waals surface area (Å²) >= 11 is 0. The Labute approximate surface area is 232 Å². The van der Waals surface area contributed by atoms with Crippen LogP contribution in [0.2, 0.25) is 0 Å². The SMILES string of the molecule is CC(=O)NCCOc1cccc2c1CN(S(=O)(=O)C(F)(F)F)C[C@@H](CCC1CCCC1)N2Cc1cc(N)ccn1. The molecule has 4 rings (SSSR count). The number of rotatable bonds is 10. The lowest BCUT2D eigenvalue weighted by Gasteiger charge is -2.35. The lowest BCUT2D eigenvalue weighted by molar-refractivity contribution is -0.119. The fourth-order valence-electron chi connectivity index (χ4n) is 5.55. The van der Waals surface area contributed by atoms with Crippen LogP contribution in [-0.2, 0) is 27.9 Å². The molecular weight excluding hydrogens is 547 g/mol. The Hall–Kier alpha value is -3.06. The van der Waals surface area contributed by atoms with Crippen LogP contribution in [0.5, 0.6) is 5.75 Å². The number of nitrogen functional groups attached to an aromatic ring is 1. The first kappa shape index (κ1) is 29.9. The number of pyridine rings is 1. The highest BCUT2D eigenvalue weighted by atomic mass is 32.2. The summed E-state index contributed by atoms with van der Waals surface area (Å²) in [5.41, 5.74) is 2.55. The van der Waals surface area contributed by atoms with Crippen LogP contribution in [-0.4, -0.2) is 54.9 Å². The predicted octanol–water partition coefficient (Wildman–Crippen LogP) is 4.19. The van der Waals surface area contributed by atoms with Gasteiger partial charge in [0.15, 0.2) is 0 Å². The predicted molar refractivity (Wildman–Crippen MR) is 146 cm³/mol. The molecule has 1 amide bonds. The number of hydrogen-bond acceptors (Lipinski definition) is 7. The molecule has 1 aliphatic carbocycles. The van der Waals surface area contributed by atoms with Gasteiger partial charge in [0.05, 0.1) is 18.8 Å². The Balaban J connectivity index is 1.76. The number of amides is 1. The zero-order valence-electron chi connectivity index (χ0n) is 22.5. The van der Waals surface area contributed by atoms with Crippen molar-refractivity contribution in [3.8, 4) is 5.75 Å². The van der Waals surface area contributed by atoms with Crippen LogP contribution in [0.25, 0.3) is 0 Å². The van der Waals surface area contributed by atoms with Gasteiger partial charge in [0.2, 0.25) is 5.91 Å². The molecule has 1 aromatic heterocycles. The van der Waals surface area contributed by atoms with Crippen molar-refractivity contribution in [2.24, 2.45) is 5.92 Å². The minimum atomic E-state index is -5.63. The summed E-state index contributed by atoms with van der Waals surface area (Å²) in [7, 11) is -5.63. The summed E-state index contributed by atoms with van der Waals surface area (Å²) in [5, 5.41) is 2.61. The van der Waals surface area contributed by atoms with Gasteiger partial charge in [0, 0.05) is 49.2 Å². The molecule has 2 heterocycles. The first-order valence-electron chi connectivity index (χ1n) is 13.5. The van der Waals surface area contributed by atoms with Crippen molar-refractivity contribution >= 4 is 27.3 Å². The van der Waals surface area contributed by atoms with E-state index in [9.17, 15) is 26.4 Å². The van der Waals surface area contributed by atoms with Crippen molar-refractivity contribution in [2.75, 3.05) is 30.3 Å². The molecule has 0 spiro atoms. The molecule has 1 fully saturated rings. The van der Waals surface area contributed by atoms with Crippen LogP contribution in [0, 0.1) is 5.92 Å². The average Bonchev–Trinajstić information content (AvgIpc) is 3.35. The van der Waals surface area contributed by atoms with Crippen LogP contribution >= 0.6 is 0 Å².